The molecular formula is C18H22N2O4. The van der Waals surface area contributed by atoms with Gasteiger partial charge in [0, 0.05) is 6.04 Å². The number of imide groups is 2. The van der Waals surface area contributed by atoms with Gasteiger partial charge in [-0.05, 0) is 49.9 Å². The molecule has 1 aromatic rings. The van der Waals surface area contributed by atoms with Gasteiger partial charge in [-0.2, -0.15) is 0 Å². The number of hydrogen-bond acceptors (Lipinski definition) is 4. The summed E-state index contributed by atoms with van der Waals surface area (Å²) < 4.78 is 5.65. The second-order valence-electron chi connectivity index (χ2n) is 6.52. The zero-order chi connectivity index (χ0) is 17.3. The van der Waals surface area contributed by atoms with Crippen molar-refractivity contribution in [3.05, 3.63) is 29.3 Å². The molecule has 0 unspecified atom stereocenters. The molecule has 3 rings (SSSR count). The van der Waals surface area contributed by atoms with Crippen molar-refractivity contribution in [1.29, 1.82) is 0 Å². The zero-order valence-electron chi connectivity index (χ0n) is 14.1. The molecule has 1 aromatic carbocycles. The number of nitrogens with zero attached hydrogens (tertiary/aromatic N) is 2. The molecule has 2 aliphatic rings. The Bertz CT molecular complexity index is 659. The van der Waals surface area contributed by atoms with Crippen LogP contribution in [0.4, 0.5) is 4.79 Å². The Labute approximate surface area is 141 Å². The van der Waals surface area contributed by atoms with Gasteiger partial charge in [-0.1, -0.05) is 18.9 Å². The fourth-order valence-corrected chi connectivity index (χ4v) is 3.47. The summed E-state index contributed by atoms with van der Waals surface area (Å²) in [5.41, 5.74) is 2.17. The van der Waals surface area contributed by atoms with Gasteiger partial charge in [0.15, 0.2) is 0 Å². The SMILES string of the molecule is Cc1cc(C)cc(OCCN2C(=O)C(=O)N(C3CCCC3)C2=O)c1. The molecule has 1 aliphatic heterocycles. The van der Waals surface area contributed by atoms with Crippen LogP contribution in [0.5, 0.6) is 5.75 Å². The smallest absolute Gasteiger partial charge is 0.334 e. The number of carbonyl (C=O) groups is 3. The van der Waals surface area contributed by atoms with E-state index >= 15 is 0 Å². The Hall–Kier alpha value is -2.37. The van der Waals surface area contributed by atoms with Crippen LogP contribution in [0.1, 0.15) is 36.8 Å². The molecule has 128 valence electrons. The molecule has 1 aliphatic carbocycles. The van der Waals surface area contributed by atoms with Crippen LogP contribution in [0.2, 0.25) is 0 Å². The predicted octanol–water partition coefficient (Wildman–Crippen LogP) is 2.42. The molecule has 24 heavy (non-hydrogen) atoms. The summed E-state index contributed by atoms with van der Waals surface area (Å²) >= 11 is 0. The van der Waals surface area contributed by atoms with Crippen LogP contribution in [0.25, 0.3) is 0 Å². The number of rotatable bonds is 5. The van der Waals surface area contributed by atoms with E-state index in [1.807, 2.05) is 32.0 Å². The van der Waals surface area contributed by atoms with Gasteiger partial charge in [0.05, 0.1) is 6.54 Å². The third kappa shape index (κ3) is 3.13. The highest BCUT2D eigenvalue weighted by Gasteiger charge is 2.47. The third-order valence-electron chi connectivity index (χ3n) is 4.55. The lowest BCUT2D eigenvalue weighted by Gasteiger charge is -2.21. The zero-order valence-corrected chi connectivity index (χ0v) is 14.1. The van der Waals surface area contributed by atoms with Gasteiger partial charge in [0.25, 0.3) is 0 Å². The molecule has 6 nitrogen and oxygen atoms in total. The molecule has 0 spiro atoms. The molecule has 0 radical (unpaired) electrons. The summed E-state index contributed by atoms with van der Waals surface area (Å²) in [5.74, 6) is -0.736. The van der Waals surface area contributed by atoms with E-state index in [1.165, 1.54) is 0 Å². The molecule has 2 fully saturated rings. The molecule has 1 heterocycles. The van der Waals surface area contributed by atoms with E-state index in [-0.39, 0.29) is 19.2 Å². The Morgan fingerprint density at radius 1 is 1.00 bits per heavy atom. The highest BCUT2D eigenvalue weighted by Crippen LogP contribution is 2.27. The molecule has 1 saturated heterocycles. The first-order valence-electron chi connectivity index (χ1n) is 8.37. The van der Waals surface area contributed by atoms with E-state index in [0.717, 1.165) is 46.6 Å². The summed E-state index contributed by atoms with van der Waals surface area (Å²) in [6, 6.07) is 5.21. The monoisotopic (exact) mass is 330 g/mol. The number of hydrogen-bond donors (Lipinski definition) is 0. The second kappa shape index (κ2) is 6.63. The summed E-state index contributed by atoms with van der Waals surface area (Å²) in [5, 5.41) is 0. The van der Waals surface area contributed by atoms with Gasteiger partial charge < -0.3 is 4.74 Å². The summed E-state index contributed by atoms with van der Waals surface area (Å²) in [4.78, 5) is 38.8. The van der Waals surface area contributed by atoms with Crippen molar-refractivity contribution in [2.24, 2.45) is 0 Å². The van der Waals surface area contributed by atoms with Gasteiger partial charge in [-0.25, -0.2) is 4.79 Å². The number of benzene rings is 1. The van der Waals surface area contributed by atoms with Gasteiger partial charge >= 0.3 is 17.8 Å². The molecule has 4 amide bonds. The highest BCUT2D eigenvalue weighted by atomic mass is 16.5. The maximum absolute atomic E-state index is 12.4. The predicted molar refractivity (Wildman–Crippen MR) is 87.6 cm³/mol. The minimum absolute atomic E-state index is 0.0830. The first-order chi connectivity index (χ1) is 11.5. The van der Waals surface area contributed by atoms with Crippen LogP contribution in [-0.2, 0) is 9.59 Å². The molecule has 0 atom stereocenters. The number of urea groups is 1. The largest absolute Gasteiger partial charge is 0.492 e. The van der Waals surface area contributed by atoms with Gasteiger partial charge in [0.1, 0.15) is 12.4 Å². The Morgan fingerprint density at radius 3 is 2.25 bits per heavy atom. The maximum Gasteiger partial charge on any atom is 0.334 e. The van der Waals surface area contributed by atoms with Gasteiger partial charge in [0.2, 0.25) is 0 Å². The highest BCUT2D eigenvalue weighted by molar-refractivity contribution is 6.44. The number of aryl methyl sites for hydroxylation is 2. The second-order valence-corrected chi connectivity index (χ2v) is 6.52. The Kier molecular flexibility index (Phi) is 4.55. The Balaban J connectivity index is 1.61. The topological polar surface area (TPSA) is 66.9 Å². The minimum Gasteiger partial charge on any atom is -0.492 e. The quantitative estimate of drug-likeness (QED) is 0.614. The van der Waals surface area contributed by atoms with Crippen molar-refractivity contribution in [2.75, 3.05) is 13.2 Å². The number of amides is 4. The first kappa shape index (κ1) is 16.5. The lowest BCUT2D eigenvalue weighted by Crippen LogP contribution is -2.40. The van der Waals surface area contributed by atoms with Gasteiger partial charge in [-0.15, -0.1) is 0 Å². The van der Waals surface area contributed by atoms with Crippen LogP contribution in [0.15, 0.2) is 18.2 Å². The molecule has 0 aromatic heterocycles. The Morgan fingerprint density at radius 2 is 1.62 bits per heavy atom. The average molecular weight is 330 g/mol. The molecule has 0 bridgehead atoms. The van der Waals surface area contributed by atoms with E-state index in [4.69, 9.17) is 4.74 Å². The van der Waals surface area contributed by atoms with Crippen molar-refractivity contribution in [2.45, 2.75) is 45.6 Å². The minimum atomic E-state index is -0.740. The molecule has 1 saturated carbocycles. The normalized spacial score (nSPS) is 18.8. The van der Waals surface area contributed by atoms with E-state index in [2.05, 4.69) is 0 Å². The maximum atomic E-state index is 12.4. The van der Waals surface area contributed by atoms with Crippen LogP contribution < -0.4 is 4.74 Å². The van der Waals surface area contributed by atoms with E-state index in [1.54, 1.807) is 0 Å². The number of ether oxygens (including phenoxy) is 1. The van der Waals surface area contributed by atoms with Gasteiger partial charge in [-0.3, -0.25) is 19.4 Å². The lowest BCUT2D eigenvalue weighted by atomic mass is 10.1. The molecule has 6 heteroatoms. The van der Waals surface area contributed by atoms with Crippen LogP contribution >= 0.6 is 0 Å². The van der Waals surface area contributed by atoms with E-state index < -0.39 is 17.8 Å². The van der Waals surface area contributed by atoms with E-state index in [9.17, 15) is 14.4 Å². The summed E-state index contributed by atoms with van der Waals surface area (Å²) in [7, 11) is 0. The molecular weight excluding hydrogens is 308 g/mol. The van der Waals surface area contributed by atoms with Crippen LogP contribution in [0, 0.1) is 13.8 Å². The lowest BCUT2D eigenvalue weighted by molar-refractivity contribution is -0.144. The van der Waals surface area contributed by atoms with Crippen LogP contribution in [0.3, 0.4) is 0 Å². The van der Waals surface area contributed by atoms with E-state index in [0.29, 0.717) is 5.75 Å². The number of carbonyl (C=O) groups excluding carboxylic acids is 3. The fraction of sp³-hybridized carbons (Fsp3) is 0.500. The van der Waals surface area contributed by atoms with Crippen molar-refractivity contribution in [3.63, 3.8) is 0 Å². The average Bonchev–Trinajstić information content (AvgIpc) is 3.09. The summed E-state index contributed by atoms with van der Waals surface area (Å²) in [6.07, 6.45) is 3.56. The van der Waals surface area contributed by atoms with Crippen LogP contribution in [-0.4, -0.2) is 46.8 Å². The molecule has 0 N–H and O–H groups in total. The fourth-order valence-electron chi connectivity index (χ4n) is 3.47. The standard InChI is InChI=1S/C18H22N2O4/c1-12-9-13(2)11-15(10-12)24-8-7-19-16(21)17(22)20(18(19)23)14-5-3-4-6-14/h9-11,14H,3-8H2,1-2H3. The van der Waals surface area contributed by atoms with Crippen molar-refractivity contribution in [1.82, 2.24) is 9.80 Å². The first-order valence-corrected chi connectivity index (χ1v) is 8.37. The van der Waals surface area contributed by atoms with Crippen molar-refractivity contribution in [3.8, 4) is 5.75 Å². The van der Waals surface area contributed by atoms with Crippen molar-refractivity contribution < 1.29 is 19.1 Å². The van der Waals surface area contributed by atoms with Crippen molar-refractivity contribution >= 4 is 17.8 Å². The third-order valence-corrected chi connectivity index (χ3v) is 4.55. The summed E-state index contributed by atoms with van der Waals surface area (Å²) in [6.45, 7) is 4.21.